The van der Waals surface area contributed by atoms with Crippen molar-refractivity contribution in [3.8, 4) is 0 Å². The molecule has 0 unspecified atom stereocenters. The summed E-state index contributed by atoms with van der Waals surface area (Å²) in [6.07, 6.45) is 0.395. The van der Waals surface area contributed by atoms with E-state index in [1.807, 2.05) is 30.9 Å². The van der Waals surface area contributed by atoms with E-state index in [9.17, 15) is 13.2 Å². The summed E-state index contributed by atoms with van der Waals surface area (Å²) in [5.74, 6) is 0.350. The lowest BCUT2D eigenvalue weighted by Crippen LogP contribution is -2.37. The van der Waals surface area contributed by atoms with Crippen LogP contribution in [0.25, 0.3) is 0 Å². The molecule has 1 aromatic rings. The smallest absolute Gasteiger partial charge is 0.248 e. The molecule has 154 valence electrons. The van der Waals surface area contributed by atoms with E-state index in [0.717, 1.165) is 24.5 Å². The van der Waals surface area contributed by atoms with Gasteiger partial charge in [0.15, 0.2) is 15.0 Å². The topological polar surface area (TPSA) is 70.0 Å². The fourth-order valence-electron chi connectivity index (χ4n) is 3.78. The molecular weight excluding hydrogens is 394 g/mol. The average molecular weight is 424 g/mol. The molecule has 2 aliphatic rings. The Morgan fingerprint density at radius 3 is 2.43 bits per heavy atom. The SMILES string of the molecule is CCN(CC)c1ccc(N2C(=NC(=O)CC(C)C)S[C@@H]3CS(=O)(=O)C[C@H]32)cc1. The van der Waals surface area contributed by atoms with Crippen molar-refractivity contribution in [2.24, 2.45) is 10.9 Å². The van der Waals surface area contributed by atoms with Gasteiger partial charge in [0, 0.05) is 36.1 Å². The van der Waals surface area contributed by atoms with Crippen LogP contribution in [0.3, 0.4) is 0 Å². The predicted octanol–water partition coefficient (Wildman–Crippen LogP) is 3.18. The lowest BCUT2D eigenvalue weighted by atomic mass is 10.1. The average Bonchev–Trinajstić information content (AvgIpc) is 3.06. The highest BCUT2D eigenvalue weighted by Gasteiger charge is 2.49. The molecule has 0 N–H and O–H groups in total. The van der Waals surface area contributed by atoms with Gasteiger partial charge in [0.1, 0.15) is 0 Å². The molecule has 0 aliphatic carbocycles. The molecule has 2 fully saturated rings. The molecule has 2 saturated heterocycles. The van der Waals surface area contributed by atoms with Crippen LogP contribution in [-0.2, 0) is 14.6 Å². The van der Waals surface area contributed by atoms with Crippen LogP contribution in [0.4, 0.5) is 11.4 Å². The van der Waals surface area contributed by atoms with Crippen LogP contribution in [0.15, 0.2) is 29.3 Å². The van der Waals surface area contributed by atoms with E-state index in [4.69, 9.17) is 0 Å². The Kier molecular flexibility index (Phi) is 6.39. The van der Waals surface area contributed by atoms with E-state index >= 15 is 0 Å². The molecule has 0 bridgehead atoms. The van der Waals surface area contributed by atoms with Gasteiger partial charge in [0.2, 0.25) is 5.91 Å². The van der Waals surface area contributed by atoms with E-state index in [2.05, 4.69) is 35.9 Å². The minimum Gasteiger partial charge on any atom is -0.372 e. The summed E-state index contributed by atoms with van der Waals surface area (Å²) in [5, 5.41) is 0.559. The zero-order valence-corrected chi connectivity index (χ0v) is 18.6. The van der Waals surface area contributed by atoms with Crippen LogP contribution in [0.1, 0.15) is 34.1 Å². The number of carbonyl (C=O) groups excluding carboxylic acids is 1. The zero-order chi connectivity index (χ0) is 20.5. The van der Waals surface area contributed by atoms with Gasteiger partial charge in [0.25, 0.3) is 0 Å². The first-order chi connectivity index (χ1) is 13.2. The van der Waals surface area contributed by atoms with Crippen molar-refractivity contribution in [2.45, 2.75) is 45.4 Å². The van der Waals surface area contributed by atoms with Crippen LogP contribution >= 0.6 is 11.8 Å². The number of hydrogen-bond acceptors (Lipinski definition) is 5. The Hall–Kier alpha value is -1.54. The molecule has 3 rings (SSSR count). The first-order valence-corrected chi connectivity index (χ1v) is 12.6. The monoisotopic (exact) mass is 423 g/mol. The minimum absolute atomic E-state index is 0.0712. The Labute approximate surface area is 172 Å². The molecule has 0 spiro atoms. The number of benzene rings is 1. The number of amidine groups is 1. The van der Waals surface area contributed by atoms with Crippen molar-refractivity contribution in [1.29, 1.82) is 0 Å². The standard InChI is InChI=1S/C20H29N3O3S2/c1-5-22(6-2)15-7-9-16(10-8-15)23-17-12-28(25,26)13-18(17)27-20(23)21-19(24)11-14(3)4/h7-10,14,17-18H,5-6,11-13H2,1-4H3/t17-,18-/m1/s1. The highest BCUT2D eigenvalue weighted by molar-refractivity contribution is 8.16. The van der Waals surface area contributed by atoms with Crippen LogP contribution < -0.4 is 9.80 Å². The van der Waals surface area contributed by atoms with Gasteiger partial charge in [-0.25, -0.2) is 8.42 Å². The van der Waals surface area contributed by atoms with Crippen molar-refractivity contribution in [2.75, 3.05) is 34.4 Å². The minimum atomic E-state index is -3.06. The Morgan fingerprint density at radius 1 is 1.21 bits per heavy atom. The van der Waals surface area contributed by atoms with Gasteiger partial charge in [-0.1, -0.05) is 25.6 Å². The molecule has 1 amide bonds. The second-order valence-corrected chi connectivity index (χ2v) is 11.1. The van der Waals surface area contributed by atoms with Crippen molar-refractivity contribution < 1.29 is 13.2 Å². The van der Waals surface area contributed by atoms with Crippen molar-refractivity contribution in [1.82, 2.24) is 0 Å². The van der Waals surface area contributed by atoms with Gasteiger partial charge in [-0.15, -0.1) is 0 Å². The molecular formula is C20H29N3O3S2. The molecule has 0 radical (unpaired) electrons. The van der Waals surface area contributed by atoms with E-state index in [-0.39, 0.29) is 34.6 Å². The zero-order valence-electron chi connectivity index (χ0n) is 17.0. The van der Waals surface area contributed by atoms with E-state index < -0.39 is 9.84 Å². The Bertz CT molecular complexity index is 846. The number of fused-ring (bicyclic) bond motifs is 1. The number of thioether (sulfide) groups is 1. The maximum atomic E-state index is 12.3. The third kappa shape index (κ3) is 4.54. The van der Waals surface area contributed by atoms with Crippen molar-refractivity contribution in [3.63, 3.8) is 0 Å². The number of anilines is 2. The number of hydrogen-bond donors (Lipinski definition) is 0. The van der Waals surface area contributed by atoms with Gasteiger partial charge in [-0.05, 0) is 44.0 Å². The maximum absolute atomic E-state index is 12.3. The van der Waals surface area contributed by atoms with Crippen molar-refractivity contribution >= 4 is 44.0 Å². The van der Waals surface area contributed by atoms with E-state index in [1.165, 1.54) is 11.8 Å². The third-order valence-corrected chi connectivity index (χ3v) is 8.34. The lowest BCUT2D eigenvalue weighted by molar-refractivity contribution is -0.118. The van der Waals surface area contributed by atoms with Crippen molar-refractivity contribution in [3.05, 3.63) is 24.3 Å². The first kappa shape index (κ1) is 21.2. The fraction of sp³-hybridized carbons (Fsp3) is 0.600. The second-order valence-electron chi connectivity index (χ2n) is 7.75. The third-order valence-electron chi connectivity index (χ3n) is 5.13. The molecule has 8 heteroatoms. The molecule has 0 aromatic heterocycles. The highest BCUT2D eigenvalue weighted by Crippen LogP contribution is 2.41. The molecule has 2 heterocycles. The largest absolute Gasteiger partial charge is 0.372 e. The van der Waals surface area contributed by atoms with Crippen LogP contribution in [0.5, 0.6) is 0 Å². The van der Waals surface area contributed by atoms with Gasteiger partial charge in [-0.2, -0.15) is 4.99 Å². The Morgan fingerprint density at radius 2 is 1.86 bits per heavy atom. The second kappa shape index (κ2) is 8.45. The molecule has 6 nitrogen and oxygen atoms in total. The van der Waals surface area contributed by atoms with Gasteiger partial charge < -0.3 is 9.80 Å². The summed E-state index contributed by atoms with van der Waals surface area (Å²) in [7, 11) is -3.06. The number of aliphatic imine (C=N–C) groups is 1. The summed E-state index contributed by atoms with van der Waals surface area (Å²) in [6, 6.07) is 7.95. The van der Waals surface area contributed by atoms with Crippen LogP contribution in [-0.4, -0.2) is 55.4 Å². The van der Waals surface area contributed by atoms with E-state index in [0.29, 0.717) is 11.6 Å². The quantitative estimate of drug-likeness (QED) is 0.700. The summed E-state index contributed by atoms with van der Waals surface area (Å²) in [6.45, 7) is 10.1. The number of rotatable bonds is 6. The summed E-state index contributed by atoms with van der Waals surface area (Å²) in [4.78, 5) is 20.9. The molecule has 28 heavy (non-hydrogen) atoms. The summed E-state index contributed by atoms with van der Waals surface area (Å²) in [5.41, 5.74) is 2.02. The van der Waals surface area contributed by atoms with Gasteiger partial charge >= 0.3 is 0 Å². The predicted molar refractivity (Wildman–Crippen MR) is 118 cm³/mol. The molecule has 2 atom stereocenters. The number of carbonyl (C=O) groups is 1. The molecule has 0 saturated carbocycles. The molecule has 1 aromatic carbocycles. The normalized spacial score (nSPS) is 24.8. The fourth-order valence-corrected chi connectivity index (χ4v) is 7.71. The van der Waals surface area contributed by atoms with Crippen LogP contribution in [0, 0.1) is 5.92 Å². The van der Waals surface area contributed by atoms with Gasteiger partial charge in [0.05, 0.1) is 17.5 Å². The number of sulfone groups is 1. The molecule has 2 aliphatic heterocycles. The van der Waals surface area contributed by atoms with Crippen LogP contribution in [0.2, 0.25) is 0 Å². The van der Waals surface area contributed by atoms with Gasteiger partial charge in [-0.3, -0.25) is 4.79 Å². The van der Waals surface area contributed by atoms with E-state index in [1.54, 1.807) is 0 Å². The summed E-state index contributed by atoms with van der Waals surface area (Å²) < 4.78 is 24.3. The summed E-state index contributed by atoms with van der Waals surface area (Å²) >= 11 is 1.43. The lowest BCUT2D eigenvalue weighted by Gasteiger charge is -2.26. The first-order valence-electron chi connectivity index (χ1n) is 9.87. The highest BCUT2D eigenvalue weighted by atomic mass is 32.2. The number of amides is 1. The Balaban J connectivity index is 1.92. The maximum Gasteiger partial charge on any atom is 0.248 e. The number of nitrogens with zero attached hydrogens (tertiary/aromatic N) is 3.